The van der Waals surface area contributed by atoms with Crippen LogP contribution in [0.25, 0.3) is 0 Å². The number of rotatable bonds is 16. The number of amides is 4. The normalized spacial score (nSPS) is 12.9. The number of aryl methyl sites for hydroxylation is 1. The zero-order valence-corrected chi connectivity index (χ0v) is 25.0. The second kappa shape index (κ2) is 16.8. The molecule has 9 nitrogen and oxygen atoms in total. The molecule has 0 aromatic heterocycles. The summed E-state index contributed by atoms with van der Waals surface area (Å²) in [6.45, 7) is 13.3. The minimum Gasteiger partial charge on any atom is -0.444 e. The number of benzene rings is 1. The summed E-state index contributed by atoms with van der Waals surface area (Å²) >= 11 is 0. The molecule has 1 aromatic rings. The molecule has 2 atom stereocenters. The van der Waals surface area contributed by atoms with Crippen LogP contribution in [0.5, 0.6) is 0 Å². The summed E-state index contributed by atoms with van der Waals surface area (Å²) in [5.41, 5.74) is 6.42. The van der Waals surface area contributed by atoms with Gasteiger partial charge < -0.3 is 26.0 Å². The van der Waals surface area contributed by atoms with E-state index in [0.717, 1.165) is 44.1 Å². The molecular weight excluding hydrogens is 496 g/mol. The predicted molar refractivity (Wildman–Crippen MR) is 154 cm³/mol. The first-order valence-electron chi connectivity index (χ1n) is 14.3. The number of carbonyl (C=O) groups excluding carboxylic acids is 4. The topological polar surface area (TPSA) is 131 Å². The number of unbranched alkanes of at least 4 members (excludes halogenated alkanes) is 5. The van der Waals surface area contributed by atoms with Crippen LogP contribution in [-0.4, -0.2) is 52.9 Å². The van der Waals surface area contributed by atoms with Gasteiger partial charge in [-0.3, -0.25) is 14.4 Å². The van der Waals surface area contributed by atoms with Gasteiger partial charge in [-0.1, -0.05) is 70.2 Å². The fourth-order valence-electron chi connectivity index (χ4n) is 4.25. The molecule has 220 valence electrons. The summed E-state index contributed by atoms with van der Waals surface area (Å²) < 4.78 is 5.33. The van der Waals surface area contributed by atoms with Crippen molar-refractivity contribution in [3.8, 4) is 0 Å². The Labute approximate surface area is 234 Å². The molecule has 0 saturated heterocycles. The summed E-state index contributed by atoms with van der Waals surface area (Å²) in [7, 11) is 0. The van der Waals surface area contributed by atoms with Crippen LogP contribution in [-0.2, 0) is 25.5 Å². The third-order valence-electron chi connectivity index (χ3n) is 6.12. The second-order valence-electron chi connectivity index (χ2n) is 11.3. The van der Waals surface area contributed by atoms with Crippen molar-refractivity contribution in [2.45, 2.75) is 124 Å². The van der Waals surface area contributed by atoms with E-state index in [4.69, 9.17) is 10.5 Å². The van der Waals surface area contributed by atoms with Crippen LogP contribution in [0.1, 0.15) is 111 Å². The highest BCUT2D eigenvalue weighted by Gasteiger charge is 2.37. The van der Waals surface area contributed by atoms with Gasteiger partial charge in [0.2, 0.25) is 17.7 Å². The van der Waals surface area contributed by atoms with Crippen LogP contribution >= 0.6 is 0 Å². The number of alkyl carbamates (subject to hydrolysis) is 1. The maximum Gasteiger partial charge on any atom is 0.408 e. The lowest BCUT2D eigenvalue weighted by atomic mass is 9.99. The van der Waals surface area contributed by atoms with Crippen molar-refractivity contribution in [1.29, 1.82) is 0 Å². The maximum absolute atomic E-state index is 14.0. The van der Waals surface area contributed by atoms with Gasteiger partial charge in [-0.15, -0.1) is 0 Å². The predicted octanol–water partition coefficient (Wildman–Crippen LogP) is 4.77. The molecule has 0 fully saturated rings. The van der Waals surface area contributed by atoms with Crippen LogP contribution in [0.2, 0.25) is 0 Å². The van der Waals surface area contributed by atoms with E-state index in [1.807, 2.05) is 45.0 Å². The summed E-state index contributed by atoms with van der Waals surface area (Å²) in [4.78, 5) is 53.6. The summed E-state index contributed by atoms with van der Waals surface area (Å²) in [6, 6.07) is 5.22. The van der Waals surface area contributed by atoms with E-state index in [-0.39, 0.29) is 18.5 Å². The van der Waals surface area contributed by atoms with Gasteiger partial charge in [-0.25, -0.2) is 4.79 Å². The number of carbonyl (C=O) groups is 4. The number of primary amides is 1. The molecule has 0 aliphatic rings. The molecule has 4 N–H and O–H groups in total. The van der Waals surface area contributed by atoms with Gasteiger partial charge in [0.1, 0.15) is 17.7 Å². The Kier molecular flexibility index (Phi) is 14.6. The SMILES string of the molecule is CCCCCCCCN(C(=O)C(CC(N)=O)NC(=O)OC(C)(C)C)C(C(=O)NC(C)C)c1ccc(CC)cc1. The average Bonchev–Trinajstić information content (AvgIpc) is 2.82. The van der Waals surface area contributed by atoms with Crippen molar-refractivity contribution < 1.29 is 23.9 Å². The lowest BCUT2D eigenvalue weighted by Crippen LogP contribution is -2.54. The fraction of sp³-hybridized carbons (Fsp3) is 0.667. The second-order valence-corrected chi connectivity index (χ2v) is 11.3. The molecular formula is C30H50N4O5. The van der Waals surface area contributed by atoms with E-state index in [9.17, 15) is 19.2 Å². The molecule has 39 heavy (non-hydrogen) atoms. The zero-order chi connectivity index (χ0) is 29.6. The molecule has 1 rings (SSSR count). The van der Waals surface area contributed by atoms with Crippen molar-refractivity contribution in [2.24, 2.45) is 5.73 Å². The minimum absolute atomic E-state index is 0.151. The zero-order valence-electron chi connectivity index (χ0n) is 25.0. The number of hydrogen-bond acceptors (Lipinski definition) is 5. The van der Waals surface area contributed by atoms with Crippen LogP contribution < -0.4 is 16.4 Å². The van der Waals surface area contributed by atoms with Gasteiger partial charge >= 0.3 is 6.09 Å². The first-order chi connectivity index (χ1) is 18.3. The van der Waals surface area contributed by atoms with E-state index < -0.39 is 42.0 Å². The van der Waals surface area contributed by atoms with E-state index in [2.05, 4.69) is 17.6 Å². The quantitative estimate of drug-likeness (QED) is 0.257. The van der Waals surface area contributed by atoms with Crippen molar-refractivity contribution in [2.75, 3.05) is 6.54 Å². The van der Waals surface area contributed by atoms with E-state index in [1.54, 1.807) is 20.8 Å². The Morgan fingerprint density at radius 3 is 2.03 bits per heavy atom. The molecule has 0 aliphatic heterocycles. The monoisotopic (exact) mass is 546 g/mol. The largest absolute Gasteiger partial charge is 0.444 e. The Hall–Kier alpha value is -3.10. The Morgan fingerprint density at radius 1 is 0.923 bits per heavy atom. The highest BCUT2D eigenvalue weighted by atomic mass is 16.6. The Morgan fingerprint density at radius 2 is 1.51 bits per heavy atom. The molecule has 0 heterocycles. The minimum atomic E-state index is -1.28. The van der Waals surface area contributed by atoms with Gasteiger partial charge in [0.05, 0.1) is 6.42 Å². The molecule has 0 bridgehead atoms. The van der Waals surface area contributed by atoms with Crippen LogP contribution in [0.4, 0.5) is 4.79 Å². The lowest BCUT2D eigenvalue weighted by Gasteiger charge is -2.35. The van der Waals surface area contributed by atoms with Gasteiger partial charge in [-0.05, 0) is 58.6 Å². The van der Waals surface area contributed by atoms with E-state index in [1.165, 1.54) is 4.90 Å². The smallest absolute Gasteiger partial charge is 0.408 e. The van der Waals surface area contributed by atoms with Crippen LogP contribution in [0, 0.1) is 0 Å². The maximum atomic E-state index is 14.0. The fourth-order valence-corrected chi connectivity index (χ4v) is 4.25. The number of nitrogens with one attached hydrogen (secondary N) is 2. The first kappa shape index (κ1) is 33.9. The van der Waals surface area contributed by atoms with Gasteiger partial charge in [0.25, 0.3) is 0 Å². The summed E-state index contributed by atoms with van der Waals surface area (Å²) in [5.74, 6) is -1.64. The molecule has 2 unspecified atom stereocenters. The molecule has 9 heteroatoms. The molecule has 0 saturated carbocycles. The average molecular weight is 547 g/mol. The number of nitrogens with two attached hydrogens (primary N) is 1. The molecule has 0 radical (unpaired) electrons. The third kappa shape index (κ3) is 13.0. The van der Waals surface area contributed by atoms with Gasteiger partial charge in [0.15, 0.2) is 0 Å². The van der Waals surface area contributed by atoms with Crippen molar-refractivity contribution >= 4 is 23.8 Å². The highest BCUT2D eigenvalue weighted by molar-refractivity contribution is 5.94. The third-order valence-corrected chi connectivity index (χ3v) is 6.12. The standard InChI is InChI=1S/C30H50N4O5/c1-8-10-11-12-13-14-19-34(28(37)24(20-25(31)35)33-29(38)39-30(5,6)7)26(27(36)32-21(3)4)23-17-15-22(9-2)16-18-23/h15-18,21,24,26H,8-14,19-20H2,1-7H3,(H2,31,35)(H,32,36)(H,33,38). The summed E-state index contributed by atoms with van der Waals surface area (Å²) in [5, 5.41) is 5.46. The molecule has 4 amide bonds. The number of ether oxygens (including phenoxy) is 1. The molecule has 1 aromatic carbocycles. The number of nitrogens with zero attached hydrogens (tertiary/aromatic N) is 1. The van der Waals surface area contributed by atoms with Gasteiger partial charge in [-0.2, -0.15) is 0 Å². The van der Waals surface area contributed by atoms with Gasteiger partial charge in [0, 0.05) is 12.6 Å². The lowest BCUT2D eigenvalue weighted by molar-refractivity contribution is -0.143. The van der Waals surface area contributed by atoms with E-state index in [0.29, 0.717) is 12.0 Å². The van der Waals surface area contributed by atoms with Crippen LogP contribution in [0.3, 0.4) is 0 Å². The van der Waals surface area contributed by atoms with E-state index >= 15 is 0 Å². The van der Waals surface area contributed by atoms with Crippen molar-refractivity contribution in [3.63, 3.8) is 0 Å². The molecule has 0 aliphatic carbocycles. The first-order valence-corrected chi connectivity index (χ1v) is 14.3. The highest BCUT2D eigenvalue weighted by Crippen LogP contribution is 2.25. The Bertz CT molecular complexity index is 924. The summed E-state index contributed by atoms with van der Waals surface area (Å²) in [6.07, 6.45) is 5.53. The number of hydrogen-bond donors (Lipinski definition) is 3. The van der Waals surface area contributed by atoms with Crippen LogP contribution in [0.15, 0.2) is 24.3 Å². The molecule has 0 spiro atoms. The van der Waals surface area contributed by atoms with Crippen molar-refractivity contribution in [3.05, 3.63) is 35.4 Å². The Balaban J connectivity index is 3.45. The van der Waals surface area contributed by atoms with Crippen molar-refractivity contribution in [1.82, 2.24) is 15.5 Å².